The van der Waals surface area contributed by atoms with E-state index in [0.29, 0.717) is 13.0 Å². The predicted molar refractivity (Wildman–Crippen MR) is 96.8 cm³/mol. The van der Waals surface area contributed by atoms with E-state index in [0.717, 1.165) is 18.4 Å². The largest absolute Gasteiger partial charge is 0.355 e. The van der Waals surface area contributed by atoms with Crippen LogP contribution in [0.2, 0.25) is 0 Å². The summed E-state index contributed by atoms with van der Waals surface area (Å²) in [7, 11) is 0. The molecule has 1 heterocycles. The van der Waals surface area contributed by atoms with Crippen molar-refractivity contribution in [3.05, 3.63) is 48.0 Å². The summed E-state index contributed by atoms with van der Waals surface area (Å²) in [4.78, 5) is 40.4. The molecule has 1 N–H and O–H groups in total. The van der Waals surface area contributed by atoms with E-state index in [1.807, 2.05) is 37.3 Å². The van der Waals surface area contributed by atoms with E-state index in [2.05, 4.69) is 17.5 Å². The highest BCUT2D eigenvalue weighted by Gasteiger charge is 2.58. The van der Waals surface area contributed by atoms with Gasteiger partial charge >= 0.3 is 0 Å². The average Bonchev–Trinajstić information content (AvgIpc) is 2.95. The number of benzene rings is 1. The van der Waals surface area contributed by atoms with Crippen molar-refractivity contribution in [2.75, 3.05) is 6.54 Å². The standard InChI is InChI=1S/C21H24N2O3/c1-2-22-19(24)16(12-13-6-4-3-5-7-13)23-20(25)17-14-8-9-15(11-10-14)18(17)21(23)26/h3-9,14-18H,2,10-12H2,1H3,(H,22,24)/t14-,15-,16+,17-,18+/m0/s1. The number of rotatable bonds is 5. The Hall–Kier alpha value is -2.43. The summed E-state index contributed by atoms with van der Waals surface area (Å²) in [6, 6.07) is 8.80. The third kappa shape index (κ3) is 2.66. The Morgan fingerprint density at radius 2 is 1.65 bits per heavy atom. The van der Waals surface area contributed by atoms with Crippen LogP contribution in [0.5, 0.6) is 0 Å². The third-order valence-corrected chi connectivity index (χ3v) is 6.03. The summed E-state index contributed by atoms with van der Waals surface area (Å²) in [5.41, 5.74) is 0.945. The van der Waals surface area contributed by atoms with Gasteiger partial charge in [0.05, 0.1) is 11.8 Å². The van der Waals surface area contributed by atoms with Gasteiger partial charge in [0.15, 0.2) is 0 Å². The molecule has 0 radical (unpaired) electrons. The lowest BCUT2D eigenvalue weighted by Crippen LogP contribution is -2.51. The zero-order valence-electron chi connectivity index (χ0n) is 14.9. The Morgan fingerprint density at radius 3 is 2.15 bits per heavy atom. The highest BCUT2D eigenvalue weighted by atomic mass is 16.2. The zero-order chi connectivity index (χ0) is 18.3. The number of imide groups is 1. The first-order valence-electron chi connectivity index (χ1n) is 9.48. The highest BCUT2D eigenvalue weighted by molar-refractivity contribution is 6.09. The van der Waals surface area contributed by atoms with E-state index < -0.39 is 6.04 Å². The van der Waals surface area contributed by atoms with E-state index >= 15 is 0 Å². The number of likely N-dealkylation sites (tertiary alicyclic amines) is 1. The average molecular weight is 352 g/mol. The van der Waals surface area contributed by atoms with Crippen LogP contribution in [0.3, 0.4) is 0 Å². The van der Waals surface area contributed by atoms with Crippen molar-refractivity contribution in [3.8, 4) is 0 Å². The van der Waals surface area contributed by atoms with Crippen LogP contribution in [-0.2, 0) is 20.8 Å². The maximum atomic E-state index is 13.2. The molecule has 1 aliphatic heterocycles. The van der Waals surface area contributed by atoms with E-state index in [-0.39, 0.29) is 41.4 Å². The monoisotopic (exact) mass is 352 g/mol. The van der Waals surface area contributed by atoms with Crippen LogP contribution < -0.4 is 5.32 Å². The smallest absolute Gasteiger partial charge is 0.243 e. The van der Waals surface area contributed by atoms with Gasteiger partial charge in [0.2, 0.25) is 17.7 Å². The van der Waals surface area contributed by atoms with Crippen molar-refractivity contribution in [1.82, 2.24) is 10.2 Å². The molecule has 4 aliphatic rings. The number of carbonyl (C=O) groups excluding carboxylic acids is 3. The molecular formula is C21H24N2O3. The number of hydrogen-bond donors (Lipinski definition) is 1. The summed E-state index contributed by atoms with van der Waals surface area (Å²) in [5, 5.41) is 2.80. The fraction of sp³-hybridized carbons (Fsp3) is 0.476. The van der Waals surface area contributed by atoms with Crippen LogP contribution in [-0.4, -0.2) is 35.2 Å². The second-order valence-corrected chi connectivity index (χ2v) is 7.49. The number of fused-ring (bicyclic) bond motifs is 1. The predicted octanol–water partition coefficient (Wildman–Crippen LogP) is 1.93. The SMILES string of the molecule is CCNC(=O)[C@@H](Cc1ccccc1)N1C(=O)[C@@H]2[C@H](C1=O)[C@H]1C=C[C@H]2CC1. The molecule has 26 heavy (non-hydrogen) atoms. The number of likely N-dealkylation sites (N-methyl/N-ethyl adjacent to an activating group) is 1. The minimum absolute atomic E-state index is 0.137. The molecule has 3 amide bonds. The summed E-state index contributed by atoms with van der Waals surface area (Å²) in [6.45, 7) is 2.31. The number of allylic oxidation sites excluding steroid dienone is 2. The van der Waals surface area contributed by atoms with Gasteiger partial charge in [0.1, 0.15) is 6.04 Å². The second-order valence-electron chi connectivity index (χ2n) is 7.49. The molecule has 0 aromatic heterocycles. The first-order valence-corrected chi connectivity index (χ1v) is 9.48. The van der Waals surface area contributed by atoms with Crippen molar-refractivity contribution in [2.45, 2.75) is 32.2 Å². The fourth-order valence-electron chi connectivity index (χ4n) is 4.84. The maximum absolute atomic E-state index is 13.2. The maximum Gasteiger partial charge on any atom is 0.243 e. The molecule has 2 fully saturated rings. The Bertz CT molecular complexity index is 726. The van der Waals surface area contributed by atoms with Gasteiger partial charge in [0.25, 0.3) is 0 Å². The van der Waals surface area contributed by atoms with Crippen LogP contribution in [0.1, 0.15) is 25.3 Å². The molecule has 1 saturated heterocycles. The van der Waals surface area contributed by atoms with Crippen molar-refractivity contribution in [2.24, 2.45) is 23.7 Å². The molecule has 3 aliphatic carbocycles. The molecule has 5 nitrogen and oxygen atoms in total. The minimum atomic E-state index is -0.776. The number of nitrogens with one attached hydrogen (secondary N) is 1. The Morgan fingerprint density at radius 1 is 1.08 bits per heavy atom. The van der Waals surface area contributed by atoms with E-state index in [1.165, 1.54) is 4.90 Å². The van der Waals surface area contributed by atoms with Crippen molar-refractivity contribution in [1.29, 1.82) is 0 Å². The van der Waals surface area contributed by atoms with Gasteiger partial charge in [-0.15, -0.1) is 0 Å². The lowest BCUT2D eigenvalue weighted by molar-refractivity contribution is -0.148. The van der Waals surface area contributed by atoms with Gasteiger partial charge < -0.3 is 5.32 Å². The van der Waals surface area contributed by atoms with Crippen LogP contribution >= 0.6 is 0 Å². The lowest BCUT2D eigenvalue weighted by atomic mass is 9.63. The third-order valence-electron chi connectivity index (χ3n) is 6.03. The van der Waals surface area contributed by atoms with Crippen molar-refractivity contribution >= 4 is 17.7 Å². The molecule has 0 unspecified atom stereocenters. The van der Waals surface area contributed by atoms with Gasteiger partial charge in [-0.05, 0) is 37.2 Å². The Labute approximate surface area is 153 Å². The van der Waals surface area contributed by atoms with Gasteiger partial charge in [-0.25, -0.2) is 0 Å². The molecule has 1 saturated carbocycles. The molecule has 5 rings (SSSR count). The van der Waals surface area contributed by atoms with Gasteiger partial charge in [-0.1, -0.05) is 42.5 Å². The highest BCUT2D eigenvalue weighted by Crippen LogP contribution is 2.50. The molecule has 1 aromatic rings. The fourth-order valence-corrected chi connectivity index (χ4v) is 4.84. The molecular weight excluding hydrogens is 328 g/mol. The number of hydrogen-bond acceptors (Lipinski definition) is 3. The quantitative estimate of drug-likeness (QED) is 0.650. The van der Waals surface area contributed by atoms with Crippen LogP contribution in [0, 0.1) is 23.7 Å². The molecule has 5 atom stereocenters. The van der Waals surface area contributed by atoms with Crippen molar-refractivity contribution < 1.29 is 14.4 Å². The zero-order valence-corrected chi connectivity index (χ0v) is 14.9. The molecule has 5 heteroatoms. The second kappa shape index (κ2) is 6.71. The number of nitrogens with zero attached hydrogens (tertiary/aromatic N) is 1. The molecule has 1 aromatic carbocycles. The number of carbonyl (C=O) groups is 3. The first kappa shape index (κ1) is 17.0. The van der Waals surface area contributed by atoms with Crippen LogP contribution in [0.25, 0.3) is 0 Å². The molecule has 136 valence electrons. The Balaban J connectivity index is 1.66. The number of amides is 3. The topological polar surface area (TPSA) is 66.5 Å². The normalized spacial score (nSPS) is 30.4. The summed E-state index contributed by atoms with van der Waals surface area (Å²) in [6.07, 6.45) is 6.47. The van der Waals surface area contributed by atoms with Gasteiger partial charge in [0, 0.05) is 13.0 Å². The van der Waals surface area contributed by atoms with Gasteiger partial charge in [-0.2, -0.15) is 0 Å². The molecule has 2 bridgehead atoms. The van der Waals surface area contributed by atoms with Crippen LogP contribution in [0.15, 0.2) is 42.5 Å². The van der Waals surface area contributed by atoms with E-state index in [1.54, 1.807) is 0 Å². The summed E-state index contributed by atoms with van der Waals surface area (Å²) >= 11 is 0. The van der Waals surface area contributed by atoms with Gasteiger partial charge in [-0.3, -0.25) is 19.3 Å². The lowest BCUT2D eigenvalue weighted by Gasteiger charge is -2.38. The van der Waals surface area contributed by atoms with E-state index in [9.17, 15) is 14.4 Å². The van der Waals surface area contributed by atoms with Crippen LogP contribution in [0.4, 0.5) is 0 Å². The summed E-state index contributed by atoms with van der Waals surface area (Å²) < 4.78 is 0. The Kier molecular flexibility index (Phi) is 4.39. The molecule has 0 spiro atoms. The van der Waals surface area contributed by atoms with E-state index in [4.69, 9.17) is 0 Å². The first-order chi connectivity index (χ1) is 12.6. The van der Waals surface area contributed by atoms with Crippen molar-refractivity contribution in [3.63, 3.8) is 0 Å². The minimum Gasteiger partial charge on any atom is -0.355 e. The summed E-state index contributed by atoms with van der Waals surface area (Å²) in [5.74, 6) is -0.858.